The Morgan fingerprint density at radius 1 is 1.35 bits per heavy atom. The number of benzene rings is 1. The summed E-state index contributed by atoms with van der Waals surface area (Å²) in [6, 6.07) is 8.74. The first-order chi connectivity index (χ1) is 8.40. The second kappa shape index (κ2) is 4.34. The van der Waals surface area contributed by atoms with Gasteiger partial charge >= 0.3 is 0 Å². The largest absolute Gasteiger partial charge is 0.481 e. The van der Waals surface area contributed by atoms with E-state index in [-0.39, 0.29) is 0 Å². The van der Waals surface area contributed by atoms with Crippen LogP contribution in [0.1, 0.15) is 24.4 Å². The van der Waals surface area contributed by atoms with Crippen molar-refractivity contribution in [3.8, 4) is 5.88 Å². The summed E-state index contributed by atoms with van der Waals surface area (Å²) < 4.78 is 5.41. The van der Waals surface area contributed by atoms with Crippen molar-refractivity contribution in [2.24, 2.45) is 0 Å². The maximum atomic E-state index is 5.41. The third-order valence-corrected chi connectivity index (χ3v) is 3.40. The van der Waals surface area contributed by atoms with E-state index in [1.165, 1.54) is 22.8 Å². The van der Waals surface area contributed by atoms with Crippen LogP contribution in [0.2, 0.25) is 0 Å². The van der Waals surface area contributed by atoms with Crippen molar-refractivity contribution < 1.29 is 4.74 Å². The number of rotatable bonds is 2. The van der Waals surface area contributed by atoms with Crippen molar-refractivity contribution in [1.29, 1.82) is 0 Å². The van der Waals surface area contributed by atoms with E-state index >= 15 is 0 Å². The van der Waals surface area contributed by atoms with Gasteiger partial charge in [0.2, 0.25) is 5.88 Å². The zero-order chi connectivity index (χ0) is 11.7. The van der Waals surface area contributed by atoms with E-state index < -0.39 is 0 Å². The molecule has 3 heteroatoms. The molecule has 2 aromatic rings. The molecule has 2 heterocycles. The van der Waals surface area contributed by atoms with Crippen LogP contribution in [0, 0.1) is 0 Å². The molecule has 0 spiro atoms. The fourth-order valence-electron chi connectivity index (χ4n) is 2.60. The third kappa shape index (κ3) is 1.76. The van der Waals surface area contributed by atoms with Gasteiger partial charge in [0, 0.05) is 23.2 Å². The summed E-state index contributed by atoms with van der Waals surface area (Å²) >= 11 is 0. The lowest BCUT2D eigenvalue weighted by Crippen LogP contribution is -2.14. The highest BCUT2D eigenvalue weighted by molar-refractivity contribution is 5.86. The Balaban J connectivity index is 2.23. The molecule has 0 saturated carbocycles. The Labute approximate surface area is 101 Å². The molecular formula is C14H16N2O. The Hall–Kier alpha value is -1.61. The highest BCUT2D eigenvalue weighted by atomic mass is 16.5. The number of nitrogens with zero attached hydrogens (tertiary/aromatic N) is 1. The number of pyridine rings is 1. The number of nitrogens with one attached hydrogen (secondary N) is 1. The number of fused-ring (bicyclic) bond motifs is 1. The fourth-order valence-corrected chi connectivity index (χ4v) is 2.60. The molecular weight excluding hydrogens is 212 g/mol. The summed E-state index contributed by atoms with van der Waals surface area (Å²) in [6.07, 6.45) is 4.26. The molecule has 0 bridgehead atoms. The SMILES string of the molecule is COc1ncc2ccccc2c1[C@@H]1CCCN1. The minimum absolute atomic E-state index is 0.378. The van der Waals surface area contributed by atoms with Gasteiger partial charge in [-0.15, -0.1) is 0 Å². The summed E-state index contributed by atoms with van der Waals surface area (Å²) in [4.78, 5) is 4.41. The molecule has 1 N–H and O–H groups in total. The summed E-state index contributed by atoms with van der Waals surface area (Å²) in [6.45, 7) is 1.08. The molecule has 17 heavy (non-hydrogen) atoms. The smallest absolute Gasteiger partial charge is 0.218 e. The molecule has 0 aliphatic carbocycles. The lowest BCUT2D eigenvalue weighted by atomic mass is 10.00. The van der Waals surface area contributed by atoms with Gasteiger partial charge in [0.1, 0.15) is 0 Å². The van der Waals surface area contributed by atoms with Crippen molar-refractivity contribution >= 4 is 10.8 Å². The lowest BCUT2D eigenvalue weighted by Gasteiger charge is -2.16. The van der Waals surface area contributed by atoms with Crippen LogP contribution in [0.25, 0.3) is 10.8 Å². The highest BCUT2D eigenvalue weighted by Crippen LogP contribution is 2.34. The Morgan fingerprint density at radius 2 is 2.24 bits per heavy atom. The zero-order valence-corrected chi connectivity index (χ0v) is 9.94. The Kier molecular flexibility index (Phi) is 2.69. The third-order valence-electron chi connectivity index (χ3n) is 3.40. The average molecular weight is 228 g/mol. The summed E-state index contributed by atoms with van der Waals surface area (Å²) in [5.41, 5.74) is 1.21. The average Bonchev–Trinajstić information content (AvgIpc) is 2.91. The van der Waals surface area contributed by atoms with Gasteiger partial charge in [0.15, 0.2) is 0 Å². The van der Waals surface area contributed by atoms with E-state index in [1.807, 2.05) is 12.3 Å². The monoisotopic (exact) mass is 228 g/mol. The normalized spacial score (nSPS) is 19.7. The van der Waals surface area contributed by atoms with Crippen LogP contribution >= 0.6 is 0 Å². The molecule has 88 valence electrons. The quantitative estimate of drug-likeness (QED) is 0.858. The fraction of sp³-hybridized carbons (Fsp3) is 0.357. The van der Waals surface area contributed by atoms with Gasteiger partial charge in [-0.2, -0.15) is 0 Å². The Bertz CT molecular complexity index is 533. The first-order valence-electron chi connectivity index (χ1n) is 6.05. The van der Waals surface area contributed by atoms with Gasteiger partial charge in [-0.3, -0.25) is 0 Å². The van der Waals surface area contributed by atoms with Gasteiger partial charge in [-0.1, -0.05) is 24.3 Å². The maximum absolute atomic E-state index is 5.41. The van der Waals surface area contributed by atoms with Crippen LogP contribution < -0.4 is 10.1 Å². The van der Waals surface area contributed by atoms with Crippen LogP contribution in [0.5, 0.6) is 5.88 Å². The van der Waals surface area contributed by atoms with Crippen LogP contribution in [0.15, 0.2) is 30.5 Å². The number of hydrogen-bond donors (Lipinski definition) is 1. The van der Waals surface area contributed by atoms with E-state index in [4.69, 9.17) is 4.74 Å². The molecule has 3 rings (SSSR count). The second-order valence-electron chi connectivity index (χ2n) is 4.42. The van der Waals surface area contributed by atoms with Crippen LogP contribution in [0.4, 0.5) is 0 Å². The predicted octanol–water partition coefficient (Wildman–Crippen LogP) is 2.67. The molecule has 1 aliphatic heterocycles. The van der Waals surface area contributed by atoms with E-state index in [0.29, 0.717) is 6.04 Å². The summed E-state index contributed by atoms with van der Waals surface area (Å²) in [7, 11) is 1.69. The van der Waals surface area contributed by atoms with Crippen molar-refractivity contribution in [3.05, 3.63) is 36.0 Å². The van der Waals surface area contributed by atoms with E-state index in [0.717, 1.165) is 18.8 Å². The standard InChI is InChI=1S/C14H16N2O/c1-17-14-13(12-7-4-8-15-12)11-6-3-2-5-10(11)9-16-14/h2-3,5-6,9,12,15H,4,7-8H2,1H3/t12-/m0/s1. The van der Waals surface area contributed by atoms with Gasteiger partial charge in [-0.25, -0.2) is 4.98 Å². The lowest BCUT2D eigenvalue weighted by molar-refractivity contribution is 0.388. The van der Waals surface area contributed by atoms with Crippen molar-refractivity contribution in [3.63, 3.8) is 0 Å². The molecule has 0 radical (unpaired) electrons. The van der Waals surface area contributed by atoms with Gasteiger partial charge in [0.05, 0.1) is 7.11 Å². The topological polar surface area (TPSA) is 34.1 Å². The van der Waals surface area contributed by atoms with Crippen molar-refractivity contribution in [1.82, 2.24) is 10.3 Å². The number of aromatic nitrogens is 1. The molecule has 1 aromatic heterocycles. The maximum Gasteiger partial charge on any atom is 0.218 e. The number of methoxy groups -OCH3 is 1. The number of hydrogen-bond acceptors (Lipinski definition) is 3. The molecule has 0 unspecified atom stereocenters. The molecule has 1 saturated heterocycles. The molecule has 1 aromatic carbocycles. The molecule has 1 fully saturated rings. The van der Waals surface area contributed by atoms with Crippen LogP contribution in [-0.4, -0.2) is 18.6 Å². The molecule has 3 nitrogen and oxygen atoms in total. The minimum atomic E-state index is 0.378. The second-order valence-corrected chi connectivity index (χ2v) is 4.42. The Morgan fingerprint density at radius 3 is 3.00 bits per heavy atom. The first-order valence-corrected chi connectivity index (χ1v) is 6.05. The van der Waals surface area contributed by atoms with Crippen LogP contribution in [0.3, 0.4) is 0 Å². The predicted molar refractivity (Wildman–Crippen MR) is 68.3 cm³/mol. The number of ether oxygens (including phenoxy) is 1. The van der Waals surface area contributed by atoms with Gasteiger partial charge in [0.25, 0.3) is 0 Å². The van der Waals surface area contributed by atoms with Crippen LogP contribution in [-0.2, 0) is 0 Å². The minimum Gasteiger partial charge on any atom is -0.481 e. The van der Waals surface area contributed by atoms with E-state index in [2.05, 4.69) is 28.5 Å². The molecule has 0 amide bonds. The zero-order valence-electron chi connectivity index (χ0n) is 9.94. The van der Waals surface area contributed by atoms with Gasteiger partial charge in [-0.05, 0) is 24.8 Å². The van der Waals surface area contributed by atoms with Crippen molar-refractivity contribution in [2.45, 2.75) is 18.9 Å². The van der Waals surface area contributed by atoms with E-state index in [9.17, 15) is 0 Å². The van der Waals surface area contributed by atoms with Crippen molar-refractivity contribution in [2.75, 3.05) is 13.7 Å². The molecule has 1 aliphatic rings. The highest BCUT2D eigenvalue weighted by Gasteiger charge is 2.22. The van der Waals surface area contributed by atoms with E-state index in [1.54, 1.807) is 7.11 Å². The summed E-state index contributed by atoms with van der Waals surface area (Å²) in [5, 5.41) is 5.95. The van der Waals surface area contributed by atoms with Gasteiger partial charge < -0.3 is 10.1 Å². The first kappa shape index (κ1) is 10.5. The summed E-state index contributed by atoms with van der Waals surface area (Å²) in [5.74, 6) is 0.753. The molecule has 1 atom stereocenters.